The van der Waals surface area contributed by atoms with E-state index in [1.54, 1.807) is 21.5 Å². The Balaban J connectivity index is 1.69. The largest absolute Gasteiger partial charge is 0.334 e. The van der Waals surface area contributed by atoms with Crippen LogP contribution in [0.25, 0.3) is 16.8 Å². The second-order valence-corrected chi connectivity index (χ2v) is 6.57. The SMILES string of the molecule is CC(=O)N(Cc1ccc(F)cc1)Cc1cc(-c2ccccc2)cn2nnnc12. The second kappa shape index (κ2) is 7.56. The van der Waals surface area contributed by atoms with Crippen LogP contribution in [-0.2, 0) is 17.9 Å². The van der Waals surface area contributed by atoms with Crippen molar-refractivity contribution in [2.75, 3.05) is 0 Å². The molecule has 2 aromatic carbocycles. The minimum absolute atomic E-state index is 0.0833. The fourth-order valence-corrected chi connectivity index (χ4v) is 3.11. The molecule has 0 bridgehead atoms. The molecule has 0 atom stereocenters. The number of pyridine rings is 1. The van der Waals surface area contributed by atoms with Gasteiger partial charge in [-0.15, -0.1) is 5.10 Å². The first-order valence-corrected chi connectivity index (χ1v) is 8.86. The Kier molecular flexibility index (Phi) is 4.80. The van der Waals surface area contributed by atoms with Crippen molar-refractivity contribution < 1.29 is 9.18 Å². The number of fused-ring (bicyclic) bond motifs is 1. The van der Waals surface area contributed by atoms with Gasteiger partial charge in [-0.1, -0.05) is 42.5 Å². The predicted molar refractivity (Wildman–Crippen MR) is 103 cm³/mol. The fraction of sp³-hybridized carbons (Fsp3) is 0.143. The van der Waals surface area contributed by atoms with Crippen molar-refractivity contribution in [2.24, 2.45) is 0 Å². The summed E-state index contributed by atoms with van der Waals surface area (Å²) in [7, 11) is 0. The van der Waals surface area contributed by atoms with E-state index in [1.165, 1.54) is 19.1 Å². The van der Waals surface area contributed by atoms with Gasteiger partial charge in [-0.05, 0) is 39.8 Å². The summed E-state index contributed by atoms with van der Waals surface area (Å²) in [5.41, 5.74) is 4.29. The molecule has 0 fully saturated rings. The summed E-state index contributed by atoms with van der Waals surface area (Å²) < 4.78 is 14.8. The maximum absolute atomic E-state index is 13.2. The van der Waals surface area contributed by atoms with E-state index in [0.29, 0.717) is 18.7 Å². The highest BCUT2D eigenvalue weighted by atomic mass is 19.1. The first kappa shape index (κ1) is 17.8. The minimum Gasteiger partial charge on any atom is -0.334 e. The van der Waals surface area contributed by atoms with Crippen LogP contribution in [0.1, 0.15) is 18.1 Å². The average Bonchev–Trinajstić information content (AvgIpc) is 3.18. The van der Waals surface area contributed by atoms with Crippen LogP contribution in [0.15, 0.2) is 66.9 Å². The van der Waals surface area contributed by atoms with Crippen LogP contribution >= 0.6 is 0 Å². The summed E-state index contributed by atoms with van der Waals surface area (Å²) in [5, 5.41) is 11.9. The van der Waals surface area contributed by atoms with Crippen LogP contribution in [-0.4, -0.2) is 30.8 Å². The van der Waals surface area contributed by atoms with E-state index >= 15 is 0 Å². The number of nitrogens with zero attached hydrogens (tertiary/aromatic N) is 5. The number of hydrogen-bond acceptors (Lipinski definition) is 4. The molecule has 0 N–H and O–H groups in total. The number of carbonyl (C=O) groups is 1. The Hall–Kier alpha value is -3.61. The first-order chi connectivity index (χ1) is 13.6. The highest BCUT2D eigenvalue weighted by molar-refractivity contribution is 5.74. The number of halogens is 1. The lowest BCUT2D eigenvalue weighted by molar-refractivity contribution is -0.130. The van der Waals surface area contributed by atoms with E-state index in [9.17, 15) is 9.18 Å². The molecule has 0 saturated carbocycles. The third-order valence-electron chi connectivity index (χ3n) is 4.57. The molecule has 2 aromatic heterocycles. The van der Waals surface area contributed by atoms with Crippen LogP contribution in [0.5, 0.6) is 0 Å². The van der Waals surface area contributed by atoms with Crippen molar-refractivity contribution in [3.63, 3.8) is 0 Å². The molecule has 6 nitrogen and oxygen atoms in total. The third-order valence-corrected chi connectivity index (χ3v) is 4.57. The summed E-state index contributed by atoms with van der Waals surface area (Å²) in [4.78, 5) is 13.9. The molecule has 28 heavy (non-hydrogen) atoms. The first-order valence-electron chi connectivity index (χ1n) is 8.86. The molecule has 140 valence electrons. The van der Waals surface area contributed by atoms with Crippen LogP contribution < -0.4 is 0 Å². The van der Waals surface area contributed by atoms with E-state index in [0.717, 1.165) is 22.3 Å². The second-order valence-electron chi connectivity index (χ2n) is 6.57. The Morgan fingerprint density at radius 2 is 1.79 bits per heavy atom. The Labute approximate surface area is 161 Å². The number of rotatable bonds is 5. The van der Waals surface area contributed by atoms with Crippen molar-refractivity contribution >= 4 is 11.6 Å². The number of amides is 1. The molecule has 0 aliphatic carbocycles. The maximum atomic E-state index is 13.2. The van der Waals surface area contributed by atoms with E-state index in [1.807, 2.05) is 42.6 Å². The molecule has 0 radical (unpaired) electrons. The minimum atomic E-state index is -0.301. The molecule has 4 rings (SSSR count). The Morgan fingerprint density at radius 3 is 2.50 bits per heavy atom. The monoisotopic (exact) mass is 375 g/mol. The molecule has 2 heterocycles. The zero-order valence-electron chi connectivity index (χ0n) is 15.3. The number of aromatic nitrogens is 4. The maximum Gasteiger partial charge on any atom is 0.220 e. The lowest BCUT2D eigenvalue weighted by Crippen LogP contribution is -2.28. The van der Waals surface area contributed by atoms with Gasteiger partial charge in [0, 0.05) is 37.3 Å². The van der Waals surface area contributed by atoms with Gasteiger partial charge in [-0.25, -0.2) is 4.39 Å². The highest BCUT2D eigenvalue weighted by Gasteiger charge is 2.16. The summed E-state index contributed by atoms with van der Waals surface area (Å²) in [6.07, 6.45) is 1.87. The normalized spacial score (nSPS) is 10.9. The molecule has 0 spiro atoms. The van der Waals surface area contributed by atoms with Gasteiger partial charge in [-0.3, -0.25) is 4.79 Å². The van der Waals surface area contributed by atoms with Gasteiger partial charge < -0.3 is 4.90 Å². The standard InChI is InChI=1S/C21H18FN5O/c1-15(28)26(12-16-7-9-20(22)10-8-16)13-19-11-18(17-5-3-2-4-6-17)14-27-21(19)23-24-25-27/h2-11,14H,12-13H2,1H3. The molecular weight excluding hydrogens is 357 g/mol. The van der Waals surface area contributed by atoms with Gasteiger partial charge in [-0.2, -0.15) is 4.52 Å². The van der Waals surface area contributed by atoms with Crippen molar-refractivity contribution in [1.29, 1.82) is 0 Å². The topological polar surface area (TPSA) is 63.4 Å². The Morgan fingerprint density at radius 1 is 1.04 bits per heavy atom. The summed E-state index contributed by atoms with van der Waals surface area (Å²) in [5.74, 6) is -0.384. The van der Waals surface area contributed by atoms with Gasteiger partial charge >= 0.3 is 0 Å². The molecule has 0 unspecified atom stereocenters. The van der Waals surface area contributed by atoms with E-state index in [-0.39, 0.29) is 11.7 Å². The smallest absolute Gasteiger partial charge is 0.220 e. The summed E-state index contributed by atoms with van der Waals surface area (Å²) >= 11 is 0. The zero-order valence-corrected chi connectivity index (χ0v) is 15.3. The van der Waals surface area contributed by atoms with Crippen LogP contribution in [0.2, 0.25) is 0 Å². The number of carbonyl (C=O) groups excluding carboxylic acids is 1. The molecule has 0 aliphatic rings. The molecule has 4 aromatic rings. The molecule has 0 saturated heterocycles. The van der Waals surface area contributed by atoms with Crippen LogP contribution in [0, 0.1) is 5.82 Å². The van der Waals surface area contributed by atoms with Gasteiger partial charge in [0.25, 0.3) is 0 Å². The average molecular weight is 375 g/mol. The van der Waals surface area contributed by atoms with Crippen molar-refractivity contribution in [1.82, 2.24) is 24.9 Å². The number of benzene rings is 2. The van der Waals surface area contributed by atoms with Crippen molar-refractivity contribution in [3.8, 4) is 11.1 Å². The third kappa shape index (κ3) is 3.73. The van der Waals surface area contributed by atoms with E-state index < -0.39 is 0 Å². The van der Waals surface area contributed by atoms with Crippen molar-refractivity contribution in [3.05, 3.63) is 83.8 Å². The van der Waals surface area contributed by atoms with Gasteiger partial charge in [0.2, 0.25) is 5.91 Å². The lowest BCUT2D eigenvalue weighted by atomic mass is 10.1. The predicted octanol–water partition coefficient (Wildman–Crippen LogP) is 3.48. The van der Waals surface area contributed by atoms with E-state index in [2.05, 4.69) is 15.5 Å². The van der Waals surface area contributed by atoms with Gasteiger partial charge in [0.05, 0.1) is 0 Å². The molecular formula is C21H18FN5O. The number of hydrogen-bond donors (Lipinski definition) is 0. The molecule has 0 aliphatic heterocycles. The fourth-order valence-electron chi connectivity index (χ4n) is 3.11. The summed E-state index contributed by atoms with van der Waals surface area (Å²) in [6, 6.07) is 18.1. The van der Waals surface area contributed by atoms with Gasteiger partial charge in [0.1, 0.15) is 5.82 Å². The zero-order chi connectivity index (χ0) is 19.5. The quantitative estimate of drug-likeness (QED) is 0.536. The van der Waals surface area contributed by atoms with Crippen LogP contribution in [0.3, 0.4) is 0 Å². The van der Waals surface area contributed by atoms with Gasteiger partial charge in [0.15, 0.2) is 5.65 Å². The summed E-state index contributed by atoms with van der Waals surface area (Å²) in [6.45, 7) is 2.24. The molecule has 1 amide bonds. The highest BCUT2D eigenvalue weighted by Crippen LogP contribution is 2.23. The van der Waals surface area contributed by atoms with Crippen LogP contribution in [0.4, 0.5) is 4.39 Å². The molecule has 7 heteroatoms. The Bertz CT molecular complexity index is 1110. The number of tetrazole rings is 1. The van der Waals surface area contributed by atoms with Crippen molar-refractivity contribution in [2.45, 2.75) is 20.0 Å². The van der Waals surface area contributed by atoms with E-state index in [4.69, 9.17) is 0 Å². The lowest BCUT2D eigenvalue weighted by Gasteiger charge is -2.22.